The normalized spacial score (nSPS) is 23.5. The molecular formula is C15H22BN3O3. The van der Waals surface area contributed by atoms with Gasteiger partial charge in [0.05, 0.1) is 23.0 Å². The van der Waals surface area contributed by atoms with Gasteiger partial charge in [-0.05, 0) is 39.6 Å². The number of nitrogens with one attached hydrogen (secondary N) is 1. The van der Waals surface area contributed by atoms with Crippen molar-refractivity contribution in [2.75, 3.05) is 13.1 Å². The molecule has 6 nitrogen and oxygen atoms in total. The topological polar surface area (TPSA) is 67.5 Å². The number of H-pyrrole nitrogens is 1. The Balaban J connectivity index is 1.66. The smallest absolute Gasteiger partial charge is 0.400 e. The molecule has 0 atom stereocenters. The summed E-state index contributed by atoms with van der Waals surface area (Å²) in [5.41, 5.74) is 1.05. The van der Waals surface area contributed by atoms with Crippen LogP contribution in [0.1, 0.15) is 44.5 Å². The van der Waals surface area contributed by atoms with Crippen molar-refractivity contribution < 1.29 is 14.1 Å². The van der Waals surface area contributed by atoms with Crippen LogP contribution in [0, 0.1) is 0 Å². The van der Waals surface area contributed by atoms with E-state index in [1.54, 1.807) is 17.3 Å². The van der Waals surface area contributed by atoms with Gasteiger partial charge in [-0.15, -0.1) is 0 Å². The Hall–Kier alpha value is -1.60. The number of amides is 1. The third-order valence-electron chi connectivity index (χ3n) is 4.83. The van der Waals surface area contributed by atoms with Crippen molar-refractivity contribution in [1.29, 1.82) is 0 Å². The monoisotopic (exact) mass is 303 g/mol. The maximum atomic E-state index is 12.3. The molecule has 0 spiro atoms. The van der Waals surface area contributed by atoms with Gasteiger partial charge < -0.3 is 14.2 Å². The van der Waals surface area contributed by atoms with Crippen LogP contribution in [-0.2, 0) is 9.31 Å². The van der Waals surface area contributed by atoms with Crippen LogP contribution in [0.25, 0.3) is 0 Å². The summed E-state index contributed by atoms with van der Waals surface area (Å²) in [4.78, 5) is 14.1. The molecule has 7 heteroatoms. The zero-order chi connectivity index (χ0) is 16.0. The van der Waals surface area contributed by atoms with Crippen molar-refractivity contribution in [1.82, 2.24) is 15.1 Å². The third-order valence-corrected chi connectivity index (χ3v) is 4.83. The van der Waals surface area contributed by atoms with Gasteiger partial charge in [-0.1, -0.05) is 6.08 Å². The molecule has 3 heterocycles. The zero-order valence-electron chi connectivity index (χ0n) is 13.5. The summed E-state index contributed by atoms with van der Waals surface area (Å²) < 4.78 is 12.1. The third kappa shape index (κ3) is 2.59. The summed E-state index contributed by atoms with van der Waals surface area (Å²) in [6, 6.07) is 0. The predicted octanol–water partition coefficient (Wildman–Crippen LogP) is 1.81. The standard InChI is InChI=1S/C15H22BN3O3/c1-14(2)15(3,4)22-16(21-14)12-5-7-19(8-6-12)13(20)11-9-17-18-10-11/h5,9-10H,6-8H2,1-4H3,(H,17,18). The van der Waals surface area contributed by atoms with Crippen molar-refractivity contribution in [2.45, 2.75) is 45.3 Å². The first-order valence-electron chi connectivity index (χ1n) is 7.63. The van der Waals surface area contributed by atoms with Crippen LogP contribution in [0.5, 0.6) is 0 Å². The lowest BCUT2D eigenvalue weighted by Gasteiger charge is -2.32. The van der Waals surface area contributed by atoms with E-state index < -0.39 is 0 Å². The minimum Gasteiger partial charge on any atom is -0.400 e. The first kappa shape index (κ1) is 15.3. The van der Waals surface area contributed by atoms with Gasteiger partial charge in [0.25, 0.3) is 5.91 Å². The van der Waals surface area contributed by atoms with Gasteiger partial charge in [-0.25, -0.2) is 0 Å². The highest BCUT2D eigenvalue weighted by molar-refractivity contribution is 6.54. The fourth-order valence-corrected chi connectivity index (χ4v) is 2.63. The Kier molecular flexibility index (Phi) is 3.65. The number of carbonyl (C=O) groups is 1. The maximum Gasteiger partial charge on any atom is 0.490 e. The Bertz CT molecular complexity index is 579. The molecule has 0 saturated carbocycles. The lowest BCUT2D eigenvalue weighted by Crippen LogP contribution is -2.41. The number of aromatic amines is 1. The molecule has 2 aliphatic rings. The molecule has 0 bridgehead atoms. The molecule has 22 heavy (non-hydrogen) atoms. The van der Waals surface area contributed by atoms with Gasteiger partial charge in [0.2, 0.25) is 0 Å². The van der Waals surface area contributed by atoms with Gasteiger partial charge in [-0.2, -0.15) is 5.10 Å². The van der Waals surface area contributed by atoms with E-state index in [0.717, 1.165) is 11.9 Å². The zero-order valence-corrected chi connectivity index (χ0v) is 13.5. The molecule has 1 aromatic heterocycles. The molecular weight excluding hydrogens is 281 g/mol. The first-order valence-corrected chi connectivity index (χ1v) is 7.63. The summed E-state index contributed by atoms with van der Waals surface area (Å²) >= 11 is 0. The van der Waals surface area contributed by atoms with Crippen LogP contribution in [-0.4, -0.2) is 52.4 Å². The average molecular weight is 303 g/mol. The number of rotatable bonds is 2. The van der Waals surface area contributed by atoms with Crippen LogP contribution in [0.2, 0.25) is 0 Å². The van der Waals surface area contributed by atoms with Crippen LogP contribution in [0.3, 0.4) is 0 Å². The van der Waals surface area contributed by atoms with Crippen LogP contribution in [0.15, 0.2) is 23.9 Å². The fraction of sp³-hybridized carbons (Fsp3) is 0.600. The molecule has 1 N–H and O–H groups in total. The Morgan fingerprint density at radius 1 is 1.32 bits per heavy atom. The van der Waals surface area contributed by atoms with Gasteiger partial charge in [0, 0.05) is 19.3 Å². The summed E-state index contributed by atoms with van der Waals surface area (Å²) in [7, 11) is -0.309. The highest BCUT2D eigenvalue weighted by atomic mass is 16.7. The second kappa shape index (κ2) is 5.24. The number of hydrogen-bond donors (Lipinski definition) is 1. The Labute approximate surface area is 131 Å². The van der Waals surface area contributed by atoms with Crippen LogP contribution < -0.4 is 0 Å². The van der Waals surface area contributed by atoms with Crippen molar-refractivity contribution >= 4 is 13.0 Å². The van der Waals surface area contributed by atoms with Gasteiger partial charge in [0.1, 0.15) is 0 Å². The molecule has 0 aliphatic carbocycles. The molecule has 3 rings (SSSR count). The first-order chi connectivity index (χ1) is 10.3. The van der Waals surface area contributed by atoms with Crippen molar-refractivity contribution in [2.24, 2.45) is 0 Å². The minimum atomic E-state index is -0.331. The Morgan fingerprint density at radius 3 is 2.50 bits per heavy atom. The molecule has 2 aliphatic heterocycles. The minimum absolute atomic E-state index is 0.00188. The lowest BCUT2D eigenvalue weighted by atomic mass is 9.74. The number of hydrogen-bond acceptors (Lipinski definition) is 4. The number of nitrogens with zero attached hydrogens (tertiary/aromatic N) is 2. The van der Waals surface area contributed by atoms with Crippen molar-refractivity contribution in [3.8, 4) is 0 Å². The van der Waals surface area contributed by atoms with E-state index in [2.05, 4.69) is 10.2 Å². The molecule has 0 radical (unpaired) electrons. The van der Waals surface area contributed by atoms with E-state index in [0.29, 0.717) is 18.7 Å². The van der Waals surface area contributed by atoms with E-state index in [1.165, 1.54) is 0 Å². The molecule has 118 valence electrons. The van der Waals surface area contributed by atoms with Gasteiger partial charge >= 0.3 is 7.12 Å². The second-order valence-electron chi connectivity index (χ2n) is 6.86. The summed E-state index contributed by atoms with van der Waals surface area (Å²) in [5, 5.41) is 6.49. The molecule has 1 aromatic rings. The molecule has 1 amide bonds. The van der Waals surface area contributed by atoms with Crippen LogP contribution >= 0.6 is 0 Å². The quantitative estimate of drug-likeness (QED) is 0.846. The maximum absolute atomic E-state index is 12.3. The van der Waals surface area contributed by atoms with E-state index in [-0.39, 0.29) is 24.2 Å². The van der Waals surface area contributed by atoms with Crippen LogP contribution in [0.4, 0.5) is 0 Å². The molecule has 1 fully saturated rings. The van der Waals surface area contributed by atoms with E-state index >= 15 is 0 Å². The van der Waals surface area contributed by atoms with Gasteiger partial charge in [-0.3, -0.25) is 9.89 Å². The summed E-state index contributed by atoms with van der Waals surface area (Å²) in [5.74, 6) is -0.00188. The van der Waals surface area contributed by atoms with E-state index in [9.17, 15) is 4.79 Å². The molecule has 0 aromatic carbocycles. The Morgan fingerprint density at radius 2 is 2.00 bits per heavy atom. The van der Waals surface area contributed by atoms with Crippen molar-refractivity contribution in [3.63, 3.8) is 0 Å². The van der Waals surface area contributed by atoms with E-state index in [4.69, 9.17) is 9.31 Å². The summed E-state index contributed by atoms with van der Waals surface area (Å²) in [6.45, 7) is 9.43. The van der Waals surface area contributed by atoms with E-state index in [1.807, 2.05) is 33.8 Å². The largest absolute Gasteiger partial charge is 0.490 e. The number of aromatic nitrogens is 2. The summed E-state index contributed by atoms with van der Waals surface area (Å²) in [6.07, 6.45) is 5.98. The highest BCUT2D eigenvalue weighted by Gasteiger charge is 2.52. The average Bonchev–Trinajstić information content (AvgIpc) is 3.05. The lowest BCUT2D eigenvalue weighted by molar-refractivity contribution is 0.00578. The fourth-order valence-electron chi connectivity index (χ4n) is 2.63. The van der Waals surface area contributed by atoms with Gasteiger partial charge in [0.15, 0.2) is 0 Å². The number of carbonyl (C=O) groups excluding carboxylic acids is 1. The molecule has 0 unspecified atom stereocenters. The SMILES string of the molecule is CC1(C)OB(C2=CCN(C(=O)c3cn[nH]c3)CC2)OC1(C)C. The highest BCUT2D eigenvalue weighted by Crippen LogP contribution is 2.39. The molecule has 1 saturated heterocycles. The van der Waals surface area contributed by atoms with Crippen molar-refractivity contribution in [3.05, 3.63) is 29.5 Å². The predicted molar refractivity (Wildman–Crippen MR) is 83.3 cm³/mol. The second-order valence-corrected chi connectivity index (χ2v) is 6.86.